The van der Waals surface area contributed by atoms with Gasteiger partial charge in [-0.25, -0.2) is 0 Å². The summed E-state index contributed by atoms with van der Waals surface area (Å²) < 4.78 is 1.95. The minimum Gasteiger partial charge on any atom is -0.270 e. The van der Waals surface area contributed by atoms with Gasteiger partial charge < -0.3 is 0 Å². The van der Waals surface area contributed by atoms with Crippen molar-refractivity contribution in [2.45, 2.75) is 25.2 Å². The van der Waals surface area contributed by atoms with Gasteiger partial charge >= 0.3 is 0 Å². The number of rotatable bonds is 2. The number of hydrogen-bond acceptors (Lipinski definition) is 1. The van der Waals surface area contributed by atoms with Gasteiger partial charge in [-0.2, -0.15) is 5.10 Å². The topological polar surface area (TPSA) is 17.8 Å². The van der Waals surface area contributed by atoms with Crippen molar-refractivity contribution >= 4 is 32.9 Å². The van der Waals surface area contributed by atoms with Gasteiger partial charge in [0.15, 0.2) is 0 Å². The summed E-state index contributed by atoms with van der Waals surface area (Å²) in [5.41, 5.74) is 1.09. The molecule has 0 aliphatic rings. The Balaban J connectivity index is 0.000001000. The Labute approximate surface area is 85.9 Å². The van der Waals surface area contributed by atoms with Crippen molar-refractivity contribution in [3.8, 4) is 0 Å². The molecule has 0 aliphatic carbocycles. The van der Waals surface area contributed by atoms with Gasteiger partial charge in [-0.3, -0.25) is 4.68 Å². The van der Waals surface area contributed by atoms with Gasteiger partial charge in [0.2, 0.25) is 0 Å². The van der Waals surface area contributed by atoms with Crippen LogP contribution in [-0.4, -0.2) is 9.78 Å². The van der Waals surface area contributed by atoms with E-state index < -0.39 is 0 Å². The summed E-state index contributed by atoms with van der Waals surface area (Å²) in [6.07, 6.45) is 2.00. The Morgan fingerprint density at radius 3 is 2.55 bits per heavy atom. The van der Waals surface area contributed by atoms with Crippen LogP contribution >= 0.6 is 32.9 Å². The van der Waals surface area contributed by atoms with Crippen LogP contribution in [-0.2, 0) is 5.33 Å². The number of nitrogens with zero attached hydrogens (tertiary/aromatic N) is 2. The van der Waals surface area contributed by atoms with Crippen LogP contribution in [0.15, 0.2) is 12.3 Å². The van der Waals surface area contributed by atoms with Gasteiger partial charge in [-0.15, -0.1) is 17.0 Å². The summed E-state index contributed by atoms with van der Waals surface area (Å²) in [7, 11) is 0. The van der Waals surface area contributed by atoms with Crippen LogP contribution in [0.4, 0.5) is 0 Å². The Morgan fingerprint density at radius 2 is 2.27 bits per heavy atom. The molecule has 0 bridgehead atoms. The lowest BCUT2D eigenvalue weighted by atomic mass is 10.4. The first kappa shape index (κ1) is 11.2. The molecule has 1 rings (SSSR count). The maximum absolute atomic E-state index is 4.30. The predicted molar refractivity (Wildman–Crippen MR) is 55.6 cm³/mol. The largest absolute Gasteiger partial charge is 0.270 e. The highest BCUT2D eigenvalue weighted by Gasteiger charge is 1.98. The van der Waals surface area contributed by atoms with E-state index in [4.69, 9.17) is 0 Å². The summed E-state index contributed by atoms with van der Waals surface area (Å²) in [6, 6.07) is 2.49. The first-order chi connectivity index (χ1) is 4.74. The first-order valence-electron chi connectivity index (χ1n) is 3.34. The summed E-state index contributed by atoms with van der Waals surface area (Å²) in [5, 5.41) is 5.14. The van der Waals surface area contributed by atoms with E-state index in [1.807, 2.05) is 16.9 Å². The summed E-state index contributed by atoms with van der Waals surface area (Å²) >= 11 is 3.34. The SMILES string of the molecule is Br.CC(C)n1ccc(CBr)n1. The van der Waals surface area contributed by atoms with Crippen LogP contribution in [0.3, 0.4) is 0 Å². The Bertz CT molecular complexity index is 208. The number of alkyl halides is 1. The van der Waals surface area contributed by atoms with Crippen LogP contribution in [0.1, 0.15) is 25.6 Å². The third-order valence-corrected chi connectivity index (χ3v) is 1.90. The molecule has 4 heteroatoms. The number of halogens is 2. The Hall–Kier alpha value is 0.170. The van der Waals surface area contributed by atoms with Crippen LogP contribution in [0.25, 0.3) is 0 Å². The second-order valence-corrected chi connectivity index (χ2v) is 3.08. The van der Waals surface area contributed by atoms with Crippen molar-refractivity contribution in [1.82, 2.24) is 9.78 Å². The Kier molecular flexibility index (Phi) is 5.01. The van der Waals surface area contributed by atoms with E-state index in [1.54, 1.807) is 0 Å². The monoisotopic (exact) mass is 282 g/mol. The molecule has 0 saturated carbocycles. The predicted octanol–water partition coefficient (Wildman–Crippen LogP) is 2.94. The molecular weight excluding hydrogens is 272 g/mol. The quantitative estimate of drug-likeness (QED) is 0.763. The standard InChI is InChI=1S/C7H11BrN2.BrH/c1-6(2)10-4-3-7(5-8)9-10;/h3-4,6H,5H2,1-2H3;1H. The average molecular weight is 284 g/mol. The zero-order chi connectivity index (χ0) is 7.56. The maximum atomic E-state index is 4.30. The molecule has 1 aromatic rings. The molecule has 1 aromatic heterocycles. The van der Waals surface area contributed by atoms with Gasteiger partial charge in [0.25, 0.3) is 0 Å². The van der Waals surface area contributed by atoms with Crippen molar-refractivity contribution < 1.29 is 0 Å². The van der Waals surface area contributed by atoms with Crippen LogP contribution in [0.2, 0.25) is 0 Å². The van der Waals surface area contributed by atoms with Crippen LogP contribution in [0, 0.1) is 0 Å². The van der Waals surface area contributed by atoms with Gasteiger partial charge in [-0.05, 0) is 19.9 Å². The number of hydrogen-bond donors (Lipinski definition) is 0. The van der Waals surface area contributed by atoms with Crippen LogP contribution < -0.4 is 0 Å². The molecule has 2 nitrogen and oxygen atoms in total. The van der Waals surface area contributed by atoms with Gasteiger partial charge in [0.1, 0.15) is 0 Å². The fourth-order valence-corrected chi connectivity index (χ4v) is 1.04. The van der Waals surface area contributed by atoms with Crippen molar-refractivity contribution in [3.05, 3.63) is 18.0 Å². The molecule has 0 amide bonds. The van der Waals surface area contributed by atoms with Gasteiger partial charge in [0.05, 0.1) is 5.69 Å². The molecule has 0 unspecified atom stereocenters. The molecule has 64 valence electrons. The molecule has 0 atom stereocenters. The smallest absolute Gasteiger partial charge is 0.0730 e. The highest BCUT2D eigenvalue weighted by Crippen LogP contribution is 2.06. The second-order valence-electron chi connectivity index (χ2n) is 2.51. The first-order valence-corrected chi connectivity index (χ1v) is 4.46. The molecule has 11 heavy (non-hydrogen) atoms. The highest BCUT2D eigenvalue weighted by atomic mass is 79.9. The summed E-state index contributed by atoms with van der Waals surface area (Å²) in [4.78, 5) is 0. The van der Waals surface area contributed by atoms with Crippen molar-refractivity contribution in [3.63, 3.8) is 0 Å². The normalized spacial score (nSPS) is 9.82. The van der Waals surface area contributed by atoms with E-state index in [-0.39, 0.29) is 17.0 Å². The molecule has 1 heterocycles. The minimum absolute atomic E-state index is 0. The number of aromatic nitrogens is 2. The second kappa shape index (κ2) is 4.93. The fraction of sp³-hybridized carbons (Fsp3) is 0.571. The third-order valence-electron chi connectivity index (χ3n) is 1.33. The summed E-state index contributed by atoms with van der Waals surface area (Å²) in [5.74, 6) is 0. The van der Waals surface area contributed by atoms with Crippen molar-refractivity contribution in [1.29, 1.82) is 0 Å². The minimum atomic E-state index is 0. The lowest BCUT2D eigenvalue weighted by Crippen LogP contribution is -2.00. The molecule has 0 aromatic carbocycles. The van der Waals surface area contributed by atoms with Crippen molar-refractivity contribution in [2.24, 2.45) is 0 Å². The maximum Gasteiger partial charge on any atom is 0.0730 e. The fourth-order valence-electron chi connectivity index (χ4n) is 0.736. The lowest BCUT2D eigenvalue weighted by Gasteiger charge is -2.02. The Morgan fingerprint density at radius 1 is 1.64 bits per heavy atom. The van der Waals surface area contributed by atoms with Crippen molar-refractivity contribution in [2.75, 3.05) is 0 Å². The molecule has 0 fully saturated rings. The van der Waals surface area contributed by atoms with E-state index in [0.29, 0.717) is 6.04 Å². The van der Waals surface area contributed by atoms with E-state index in [1.165, 1.54) is 0 Å². The van der Waals surface area contributed by atoms with E-state index in [0.717, 1.165) is 11.0 Å². The van der Waals surface area contributed by atoms with Gasteiger partial charge in [0, 0.05) is 17.6 Å². The third kappa shape index (κ3) is 2.95. The molecule has 0 N–H and O–H groups in total. The highest BCUT2D eigenvalue weighted by molar-refractivity contribution is 9.08. The zero-order valence-corrected chi connectivity index (χ0v) is 9.92. The van der Waals surface area contributed by atoms with Crippen LogP contribution in [0.5, 0.6) is 0 Å². The van der Waals surface area contributed by atoms with E-state index in [9.17, 15) is 0 Å². The molecule has 0 aliphatic heterocycles. The zero-order valence-electron chi connectivity index (χ0n) is 6.62. The molecule has 0 radical (unpaired) electrons. The molecule has 0 spiro atoms. The molecule has 0 saturated heterocycles. The average Bonchev–Trinajstić information content (AvgIpc) is 2.34. The van der Waals surface area contributed by atoms with Gasteiger partial charge in [-0.1, -0.05) is 15.9 Å². The van der Waals surface area contributed by atoms with E-state index in [2.05, 4.69) is 34.9 Å². The molecular formula is C7H12Br2N2. The van der Waals surface area contributed by atoms with E-state index >= 15 is 0 Å². The summed E-state index contributed by atoms with van der Waals surface area (Å²) in [6.45, 7) is 4.23. The lowest BCUT2D eigenvalue weighted by molar-refractivity contribution is 0.529.